The van der Waals surface area contributed by atoms with E-state index in [-0.39, 0.29) is 5.38 Å². The molecule has 0 aliphatic heterocycles. The molecule has 2 aromatic rings. The van der Waals surface area contributed by atoms with Crippen LogP contribution in [0.4, 0.5) is 0 Å². The van der Waals surface area contributed by atoms with Gasteiger partial charge in [-0.05, 0) is 37.3 Å². The van der Waals surface area contributed by atoms with Crippen LogP contribution < -0.4 is 0 Å². The zero-order valence-corrected chi connectivity index (χ0v) is 13.2. The maximum atomic E-state index is 6.57. The number of alkyl halides is 1. The molecule has 3 atom stereocenters. The molecule has 0 saturated carbocycles. The van der Waals surface area contributed by atoms with Crippen LogP contribution in [0, 0.1) is 5.92 Å². The highest BCUT2D eigenvalue weighted by atomic mass is 35.5. The number of hydrogen-bond acceptors (Lipinski definition) is 1. The summed E-state index contributed by atoms with van der Waals surface area (Å²) in [5.41, 5.74) is 2.31. The van der Waals surface area contributed by atoms with Gasteiger partial charge in [0.05, 0.1) is 11.1 Å². The summed E-state index contributed by atoms with van der Waals surface area (Å²) >= 11 is 6.57. The van der Waals surface area contributed by atoms with Gasteiger partial charge in [0.25, 0.3) is 0 Å². The zero-order valence-electron chi connectivity index (χ0n) is 12.5. The average molecular weight is 291 g/mol. The maximum Gasteiger partial charge on any atom is 0.0628 e. The predicted molar refractivity (Wildman–Crippen MR) is 85.1 cm³/mol. The number of halogens is 1. The lowest BCUT2D eigenvalue weighted by molar-refractivity contribution is 0.466. The lowest BCUT2D eigenvalue weighted by atomic mass is 9.96. The second-order valence-electron chi connectivity index (χ2n) is 5.54. The standard InChI is InChI=1S/C17H23ClN2/c1-4-14(3)20-11-10-16(19-20)12-13(2)17(18)15-8-6-5-7-9-15/h5-11,13-14,17H,4,12H2,1-3H3. The fourth-order valence-corrected chi connectivity index (χ4v) is 2.55. The van der Waals surface area contributed by atoms with Crippen LogP contribution in [-0.2, 0) is 6.42 Å². The van der Waals surface area contributed by atoms with E-state index in [1.54, 1.807) is 0 Å². The van der Waals surface area contributed by atoms with Gasteiger partial charge in [0, 0.05) is 12.2 Å². The van der Waals surface area contributed by atoms with Crippen LogP contribution in [0.15, 0.2) is 42.6 Å². The van der Waals surface area contributed by atoms with Crippen LogP contribution >= 0.6 is 11.6 Å². The normalized spacial score (nSPS) is 15.8. The van der Waals surface area contributed by atoms with E-state index in [1.165, 1.54) is 5.56 Å². The Hall–Kier alpha value is -1.28. The van der Waals surface area contributed by atoms with Crippen molar-refractivity contribution in [1.29, 1.82) is 0 Å². The molecule has 0 saturated heterocycles. The first-order valence-corrected chi connectivity index (χ1v) is 7.78. The molecule has 20 heavy (non-hydrogen) atoms. The summed E-state index contributed by atoms with van der Waals surface area (Å²) in [6.07, 6.45) is 4.08. The van der Waals surface area contributed by atoms with Crippen molar-refractivity contribution in [2.45, 2.75) is 45.0 Å². The van der Waals surface area contributed by atoms with E-state index in [0.717, 1.165) is 18.5 Å². The zero-order chi connectivity index (χ0) is 14.5. The molecule has 0 spiro atoms. The first kappa shape index (κ1) is 15.1. The Kier molecular flexibility index (Phi) is 5.24. The summed E-state index contributed by atoms with van der Waals surface area (Å²) in [7, 11) is 0. The average Bonchev–Trinajstić information content (AvgIpc) is 2.95. The molecule has 1 heterocycles. The van der Waals surface area contributed by atoms with Crippen molar-refractivity contribution in [3.8, 4) is 0 Å². The molecule has 0 aliphatic carbocycles. The van der Waals surface area contributed by atoms with Crippen molar-refractivity contribution in [2.75, 3.05) is 0 Å². The van der Waals surface area contributed by atoms with E-state index in [1.807, 2.05) is 22.9 Å². The molecule has 0 amide bonds. The molecule has 0 bridgehead atoms. The molecule has 1 aromatic carbocycles. The Balaban J connectivity index is 2.01. The third-order valence-electron chi connectivity index (χ3n) is 3.85. The van der Waals surface area contributed by atoms with E-state index in [2.05, 4.69) is 50.3 Å². The van der Waals surface area contributed by atoms with Crippen molar-refractivity contribution in [2.24, 2.45) is 5.92 Å². The molecular weight excluding hydrogens is 268 g/mol. The van der Waals surface area contributed by atoms with E-state index >= 15 is 0 Å². The number of aromatic nitrogens is 2. The van der Waals surface area contributed by atoms with Crippen molar-refractivity contribution in [3.63, 3.8) is 0 Å². The molecule has 108 valence electrons. The molecule has 0 fully saturated rings. The highest BCUT2D eigenvalue weighted by Crippen LogP contribution is 2.30. The highest BCUT2D eigenvalue weighted by Gasteiger charge is 2.18. The van der Waals surface area contributed by atoms with Gasteiger partial charge in [-0.2, -0.15) is 5.10 Å². The third-order valence-corrected chi connectivity index (χ3v) is 4.54. The predicted octanol–water partition coefficient (Wildman–Crippen LogP) is 5.01. The molecule has 0 aliphatic rings. The third kappa shape index (κ3) is 3.63. The molecule has 3 unspecified atom stereocenters. The van der Waals surface area contributed by atoms with E-state index in [9.17, 15) is 0 Å². The second kappa shape index (κ2) is 6.94. The van der Waals surface area contributed by atoms with Crippen LogP contribution in [0.2, 0.25) is 0 Å². The molecule has 3 heteroatoms. The van der Waals surface area contributed by atoms with Crippen molar-refractivity contribution in [3.05, 3.63) is 53.9 Å². The maximum absolute atomic E-state index is 6.57. The van der Waals surface area contributed by atoms with Crippen molar-refractivity contribution < 1.29 is 0 Å². The summed E-state index contributed by atoms with van der Waals surface area (Å²) in [6.45, 7) is 6.56. The summed E-state index contributed by atoms with van der Waals surface area (Å²) in [5.74, 6) is 0.361. The fraction of sp³-hybridized carbons (Fsp3) is 0.471. The lowest BCUT2D eigenvalue weighted by Gasteiger charge is -2.17. The van der Waals surface area contributed by atoms with Gasteiger partial charge in [0.1, 0.15) is 0 Å². The summed E-state index contributed by atoms with van der Waals surface area (Å²) in [4.78, 5) is 0. The van der Waals surface area contributed by atoms with Gasteiger partial charge >= 0.3 is 0 Å². The molecule has 2 rings (SSSR count). The second-order valence-corrected chi connectivity index (χ2v) is 6.01. The number of benzene rings is 1. The fourth-order valence-electron chi connectivity index (χ4n) is 2.32. The Morgan fingerprint density at radius 3 is 2.50 bits per heavy atom. The summed E-state index contributed by atoms with van der Waals surface area (Å²) in [5, 5.41) is 4.69. The van der Waals surface area contributed by atoms with Crippen LogP contribution in [-0.4, -0.2) is 9.78 Å². The number of nitrogens with zero attached hydrogens (tertiary/aromatic N) is 2. The largest absolute Gasteiger partial charge is 0.270 e. The first-order valence-electron chi connectivity index (χ1n) is 7.34. The van der Waals surface area contributed by atoms with Gasteiger partial charge in [-0.3, -0.25) is 4.68 Å². The highest BCUT2D eigenvalue weighted by molar-refractivity contribution is 6.21. The van der Waals surface area contributed by atoms with E-state index < -0.39 is 0 Å². The van der Waals surface area contributed by atoms with Gasteiger partial charge in [-0.1, -0.05) is 44.2 Å². The topological polar surface area (TPSA) is 17.8 Å². The number of rotatable bonds is 6. The molecule has 0 radical (unpaired) electrons. The Morgan fingerprint density at radius 2 is 1.85 bits per heavy atom. The van der Waals surface area contributed by atoms with Crippen LogP contribution in [0.5, 0.6) is 0 Å². The van der Waals surface area contributed by atoms with Crippen molar-refractivity contribution >= 4 is 11.6 Å². The quantitative estimate of drug-likeness (QED) is 0.684. The Bertz CT molecular complexity index is 521. The van der Waals surface area contributed by atoms with Gasteiger partial charge in [-0.15, -0.1) is 11.6 Å². The van der Waals surface area contributed by atoms with Gasteiger partial charge in [0.15, 0.2) is 0 Å². The van der Waals surface area contributed by atoms with Gasteiger partial charge in [-0.25, -0.2) is 0 Å². The molecular formula is C17H23ClN2. The van der Waals surface area contributed by atoms with Gasteiger partial charge in [0.2, 0.25) is 0 Å². The van der Waals surface area contributed by atoms with Crippen LogP contribution in [0.1, 0.15) is 49.9 Å². The molecule has 0 N–H and O–H groups in total. The minimum absolute atomic E-state index is 0.0324. The minimum Gasteiger partial charge on any atom is -0.270 e. The number of hydrogen-bond donors (Lipinski definition) is 0. The minimum atomic E-state index is 0.0324. The molecule has 1 aromatic heterocycles. The summed E-state index contributed by atoms with van der Waals surface area (Å²) in [6, 6.07) is 12.8. The van der Waals surface area contributed by atoms with E-state index in [0.29, 0.717) is 12.0 Å². The monoisotopic (exact) mass is 290 g/mol. The smallest absolute Gasteiger partial charge is 0.0628 e. The first-order chi connectivity index (χ1) is 9.61. The Labute approximate surface area is 126 Å². The van der Waals surface area contributed by atoms with Gasteiger partial charge < -0.3 is 0 Å². The molecule has 2 nitrogen and oxygen atoms in total. The Morgan fingerprint density at radius 1 is 1.15 bits per heavy atom. The lowest BCUT2D eigenvalue weighted by Crippen LogP contribution is -2.09. The van der Waals surface area contributed by atoms with Crippen LogP contribution in [0.3, 0.4) is 0 Å². The van der Waals surface area contributed by atoms with Crippen molar-refractivity contribution in [1.82, 2.24) is 9.78 Å². The van der Waals surface area contributed by atoms with Crippen LogP contribution in [0.25, 0.3) is 0 Å². The van der Waals surface area contributed by atoms with E-state index in [4.69, 9.17) is 11.6 Å². The SMILES string of the molecule is CCC(C)n1ccc(CC(C)C(Cl)c2ccccc2)n1. The summed E-state index contributed by atoms with van der Waals surface area (Å²) < 4.78 is 2.05.